The minimum atomic E-state index is 0.280. The van der Waals surface area contributed by atoms with E-state index in [0.717, 1.165) is 30.7 Å². The van der Waals surface area contributed by atoms with Crippen molar-refractivity contribution in [1.82, 2.24) is 9.88 Å². The van der Waals surface area contributed by atoms with Crippen molar-refractivity contribution >= 4 is 16.7 Å². The monoisotopic (exact) mass is 294 g/mol. The van der Waals surface area contributed by atoms with Gasteiger partial charge in [-0.3, -0.25) is 4.79 Å². The standard InChI is InChI=1S/C19H22N2O/c1-3-12-10-21(2)11-13-8-16-14-6-4-5-7-17(14)20-19(16)18(22)9-15(12)13/h3-7,13,15,20H,8-11H2,1-2H3. The van der Waals surface area contributed by atoms with Crippen LogP contribution in [0.4, 0.5) is 0 Å². The zero-order valence-electron chi connectivity index (χ0n) is 13.2. The lowest BCUT2D eigenvalue weighted by molar-refractivity contribution is 0.0936. The number of nitrogens with zero attached hydrogens (tertiary/aromatic N) is 1. The lowest BCUT2D eigenvalue weighted by Gasteiger charge is -2.38. The summed E-state index contributed by atoms with van der Waals surface area (Å²) >= 11 is 0. The number of hydrogen-bond donors (Lipinski definition) is 1. The van der Waals surface area contributed by atoms with Crippen molar-refractivity contribution in [3.63, 3.8) is 0 Å². The second kappa shape index (κ2) is 5.10. The molecule has 1 aliphatic heterocycles. The molecule has 22 heavy (non-hydrogen) atoms. The molecule has 1 aromatic heterocycles. The van der Waals surface area contributed by atoms with E-state index in [1.54, 1.807) is 0 Å². The number of aromatic nitrogens is 1. The molecule has 1 fully saturated rings. The van der Waals surface area contributed by atoms with Crippen LogP contribution in [0.15, 0.2) is 35.9 Å². The second-order valence-corrected chi connectivity index (χ2v) is 6.78. The summed E-state index contributed by atoms with van der Waals surface area (Å²) in [5.74, 6) is 1.23. The van der Waals surface area contributed by atoms with Crippen molar-refractivity contribution in [2.24, 2.45) is 11.8 Å². The third-order valence-electron chi connectivity index (χ3n) is 5.38. The summed E-state index contributed by atoms with van der Waals surface area (Å²) in [6, 6.07) is 8.30. The van der Waals surface area contributed by atoms with E-state index in [2.05, 4.69) is 48.1 Å². The smallest absolute Gasteiger partial charge is 0.179 e. The van der Waals surface area contributed by atoms with Gasteiger partial charge in [0, 0.05) is 30.4 Å². The number of piperidine rings is 1. The highest BCUT2D eigenvalue weighted by atomic mass is 16.1. The molecule has 0 spiro atoms. The first-order chi connectivity index (χ1) is 10.7. The molecule has 0 radical (unpaired) electrons. The first-order valence-corrected chi connectivity index (χ1v) is 8.13. The predicted octanol–water partition coefficient (Wildman–Crippen LogP) is 3.42. The van der Waals surface area contributed by atoms with Crippen molar-refractivity contribution in [3.8, 4) is 0 Å². The van der Waals surface area contributed by atoms with E-state index in [4.69, 9.17) is 0 Å². The molecule has 3 nitrogen and oxygen atoms in total. The minimum Gasteiger partial charge on any atom is -0.352 e. The molecule has 2 heterocycles. The van der Waals surface area contributed by atoms with Gasteiger partial charge in [-0.05, 0) is 43.9 Å². The third-order valence-corrected chi connectivity index (χ3v) is 5.38. The van der Waals surface area contributed by atoms with E-state index in [1.807, 2.05) is 6.07 Å². The number of carbonyl (C=O) groups excluding carboxylic acids is 1. The number of fused-ring (bicyclic) bond motifs is 4. The maximum absolute atomic E-state index is 12.8. The van der Waals surface area contributed by atoms with E-state index in [1.165, 1.54) is 16.5 Å². The molecule has 3 heteroatoms. The number of likely N-dealkylation sites (tertiary alicyclic amines) is 1. The quantitative estimate of drug-likeness (QED) is 0.756. The number of nitrogens with one attached hydrogen (secondary N) is 1. The van der Waals surface area contributed by atoms with Crippen molar-refractivity contribution in [1.29, 1.82) is 0 Å². The molecule has 0 amide bonds. The van der Waals surface area contributed by atoms with Gasteiger partial charge in [-0.15, -0.1) is 0 Å². The molecule has 1 aromatic carbocycles. The summed E-state index contributed by atoms with van der Waals surface area (Å²) in [5, 5.41) is 1.22. The first-order valence-electron chi connectivity index (χ1n) is 8.13. The Morgan fingerprint density at radius 2 is 2.09 bits per heavy atom. The predicted molar refractivity (Wildman–Crippen MR) is 89.2 cm³/mol. The van der Waals surface area contributed by atoms with Gasteiger partial charge in [-0.25, -0.2) is 0 Å². The SMILES string of the molecule is CC=C1CN(C)CC2Cc3c([nH]c4ccccc34)C(=O)CC12. The molecule has 1 saturated heterocycles. The van der Waals surface area contributed by atoms with Gasteiger partial charge in [0.2, 0.25) is 0 Å². The number of hydrogen-bond acceptors (Lipinski definition) is 2. The van der Waals surface area contributed by atoms with E-state index >= 15 is 0 Å². The van der Waals surface area contributed by atoms with Gasteiger partial charge in [0.05, 0.1) is 5.69 Å². The Morgan fingerprint density at radius 3 is 2.91 bits per heavy atom. The van der Waals surface area contributed by atoms with Crippen LogP contribution in [0.5, 0.6) is 0 Å². The number of Topliss-reactive ketones (excluding diaryl/α,β-unsaturated/α-hetero) is 1. The average Bonchev–Trinajstić information content (AvgIpc) is 2.82. The van der Waals surface area contributed by atoms with E-state index in [0.29, 0.717) is 18.3 Å². The third kappa shape index (κ3) is 2.03. The summed E-state index contributed by atoms with van der Waals surface area (Å²) in [6.45, 7) is 4.18. The Kier molecular flexibility index (Phi) is 3.19. The van der Waals surface area contributed by atoms with E-state index < -0.39 is 0 Å². The van der Waals surface area contributed by atoms with E-state index in [9.17, 15) is 4.79 Å². The van der Waals surface area contributed by atoms with Gasteiger partial charge in [0.25, 0.3) is 0 Å². The zero-order valence-corrected chi connectivity index (χ0v) is 13.2. The summed E-state index contributed by atoms with van der Waals surface area (Å²) in [4.78, 5) is 18.6. The number of para-hydroxylation sites is 1. The molecule has 0 saturated carbocycles. The van der Waals surface area contributed by atoms with Crippen LogP contribution < -0.4 is 0 Å². The van der Waals surface area contributed by atoms with Gasteiger partial charge in [0.15, 0.2) is 5.78 Å². The largest absolute Gasteiger partial charge is 0.352 e. The van der Waals surface area contributed by atoms with Crippen LogP contribution in [0.2, 0.25) is 0 Å². The Labute approximate surface area is 131 Å². The molecule has 114 valence electrons. The molecule has 1 aliphatic carbocycles. The number of carbonyl (C=O) groups is 1. The summed E-state index contributed by atoms with van der Waals surface area (Å²) < 4.78 is 0. The van der Waals surface area contributed by atoms with Crippen LogP contribution in [-0.2, 0) is 6.42 Å². The molecule has 0 bridgehead atoms. The van der Waals surface area contributed by atoms with Crippen LogP contribution >= 0.6 is 0 Å². The average molecular weight is 294 g/mol. The van der Waals surface area contributed by atoms with Gasteiger partial charge >= 0.3 is 0 Å². The lowest BCUT2D eigenvalue weighted by Crippen LogP contribution is -2.40. The molecule has 2 aliphatic rings. The normalized spacial score (nSPS) is 27.7. The fourth-order valence-corrected chi connectivity index (χ4v) is 4.35. The fourth-order valence-electron chi connectivity index (χ4n) is 4.35. The van der Waals surface area contributed by atoms with Crippen LogP contribution in [0, 0.1) is 11.8 Å². The number of benzene rings is 1. The molecule has 2 aromatic rings. The molecular weight excluding hydrogens is 272 g/mol. The highest BCUT2D eigenvalue weighted by molar-refractivity contribution is 6.03. The summed E-state index contributed by atoms with van der Waals surface area (Å²) in [5.41, 5.74) is 4.61. The zero-order chi connectivity index (χ0) is 15.3. The highest BCUT2D eigenvalue weighted by Gasteiger charge is 2.37. The topological polar surface area (TPSA) is 36.1 Å². The maximum Gasteiger partial charge on any atom is 0.179 e. The Balaban J connectivity index is 1.83. The number of rotatable bonds is 0. The van der Waals surface area contributed by atoms with Crippen LogP contribution in [0.25, 0.3) is 10.9 Å². The van der Waals surface area contributed by atoms with Crippen molar-refractivity contribution < 1.29 is 4.79 Å². The number of likely N-dealkylation sites (N-methyl/N-ethyl adjacent to an activating group) is 1. The van der Waals surface area contributed by atoms with Crippen LogP contribution in [-0.4, -0.2) is 35.8 Å². The molecular formula is C19H22N2O. The summed E-state index contributed by atoms with van der Waals surface area (Å²) in [7, 11) is 2.18. The molecule has 1 N–H and O–H groups in total. The van der Waals surface area contributed by atoms with Gasteiger partial charge in [0.1, 0.15) is 0 Å². The van der Waals surface area contributed by atoms with Gasteiger partial charge in [-0.1, -0.05) is 29.8 Å². The van der Waals surface area contributed by atoms with Crippen molar-refractivity contribution in [2.45, 2.75) is 19.8 Å². The summed E-state index contributed by atoms with van der Waals surface area (Å²) in [6.07, 6.45) is 3.87. The number of H-pyrrole nitrogens is 1. The Morgan fingerprint density at radius 1 is 1.27 bits per heavy atom. The Bertz CT molecular complexity index is 771. The molecule has 2 unspecified atom stereocenters. The second-order valence-electron chi connectivity index (χ2n) is 6.78. The lowest BCUT2D eigenvalue weighted by atomic mass is 9.78. The molecule has 4 rings (SSSR count). The number of allylic oxidation sites excluding steroid dienone is 1. The van der Waals surface area contributed by atoms with E-state index in [-0.39, 0.29) is 5.78 Å². The van der Waals surface area contributed by atoms with Crippen molar-refractivity contribution in [2.75, 3.05) is 20.1 Å². The first kappa shape index (κ1) is 13.8. The molecule has 2 atom stereocenters. The Hall–Kier alpha value is -1.87. The fraction of sp³-hybridized carbons (Fsp3) is 0.421. The highest BCUT2D eigenvalue weighted by Crippen LogP contribution is 2.39. The number of ketones is 1. The minimum absolute atomic E-state index is 0.280. The van der Waals surface area contributed by atoms with Crippen molar-refractivity contribution in [3.05, 3.63) is 47.2 Å². The van der Waals surface area contributed by atoms with Crippen LogP contribution in [0.1, 0.15) is 29.4 Å². The van der Waals surface area contributed by atoms with Crippen LogP contribution in [0.3, 0.4) is 0 Å². The van der Waals surface area contributed by atoms with Gasteiger partial charge in [-0.2, -0.15) is 0 Å². The number of aromatic amines is 1. The maximum atomic E-state index is 12.8. The van der Waals surface area contributed by atoms with Gasteiger partial charge < -0.3 is 9.88 Å².